The van der Waals surface area contributed by atoms with Gasteiger partial charge in [-0.05, 0) is 45.0 Å². The van der Waals surface area contributed by atoms with Gasteiger partial charge in [0.05, 0.1) is 29.7 Å². The number of nitrogens with zero attached hydrogens (tertiary/aromatic N) is 4. The fourth-order valence-corrected chi connectivity index (χ4v) is 3.41. The summed E-state index contributed by atoms with van der Waals surface area (Å²) in [6, 6.07) is 17.2. The first kappa shape index (κ1) is 20.5. The van der Waals surface area contributed by atoms with Gasteiger partial charge in [0.15, 0.2) is 0 Å². The van der Waals surface area contributed by atoms with Crippen LogP contribution in [-0.4, -0.2) is 32.7 Å². The summed E-state index contributed by atoms with van der Waals surface area (Å²) in [7, 11) is 0. The quantitative estimate of drug-likeness (QED) is 0.464. The molecule has 0 aliphatic heterocycles. The number of aromatic nitrogens is 4. The van der Waals surface area contributed by atoms with Crippen LogP contribution in [0.15, 0.2) is 59.4 Å². The first-order valence-corrected chi connectivity index (χ1v) is 10.2. The Hall–Kier alpha value is -3.74. The predicted molar refractivity (Wildman–Crippen MR) is 122 cm³/mol. The van der Waals surface area contributed by atoms with Crippen molar-refractivity contribution in [2.24, 2.45) is 0 Å². The van der Waals surface area contributed by atoms with Gasteiger partial charge < -0.3 is 10.1 Å². The second-order valence-electron chi connectivity index (χ2n) is 7.45. The molecule has 2 aromatic heterocycles. The Labute approximate surface area is 180 Å². The van der Waals surface area contributed by atoms with Crippen LogP contribution in [0.1, 0.15) is 22.9 Å². The van der Waals surface area contributed by atoms with Crippen LogP contribution in [0.25, 0.3) is 10.9 Å². The van der Waals surface area contributed by atoms with E-state index in [-0.39, 0.29) is 5.56 Å². The van der Waals surface area contributed by atoms with Crippen molar-refractivity contribution < 1.29 is 4.74 Å². The fourth-order valence-electron chi connectivity index (χ4n) is 3.41. The van der Waals surface area contributed by atoms with E-state index in [1.54, 1.807) is 10.6 Å². The molecule has 0 saturated heterocycles. The number of aryl methyl sites for hydroxylation is 3. The zero-order valence-corrected chi connectivity index (χ0v) is 17.9. The van der Waals surface area contributed by atoms with Crippen LogP contribution < -0.4 is 15.6 Å². The summed E-state index contributed by atoms with van der Waals surface area (Å²) in [5.74, 6) is 2.83. The summed E-state index contributed by atoms with van der Waals surface area (Å²) in [4.78, 5) is 26.4. The van der Waals surface area contributed by atoms with Crippen LogP contribution in [0, 0.1) is 20.8 Å². The molecule has 0 atom stereocenters. The van der Waals surface area contributed by atoms with Gasteiger partial charge in [-0.1, -0.05) is 29.8 Å². The highest BCUT2D eigenvalue weighted by molar-refractivity contribution is 5.77. The van der Waals surface area contributed by atoms with E-state index in [0.29, 0.717) is 48.1 Å². The van der Waals surface area contributed by atoms with Crippen LogP contribution >= 0.6 is 0 Å². The molecule has 0 unspecified atom stereocenters. The minimum Gasteiger partial charge on any atom is -0.492 e. The maximum absolute atomic E-state index is 12.9. The third kappa shape index (κ3) is 4.88. The number of anilines is 1. The smallest absolute Gasteiger partial charge is 0.261 e. The van der Waals surface area contributed by atoms with Crippen molar-refractivity contribution in [3.8, 4) is 5.75 Å². The van der Waals surface area contributed by atoms with E-state index in [2.05, 4.69) is 20.3 Å². The van der Waals surface area contributed by atoms with Gasteiger partial charge in [0, 0.05) is 6.07 Å². The summed E-state index contributed by atoms with van der Waals surface area (Å²) >= 11 is 0. The van der Waals surface area contributed by atoms with Gasteiger partial charge in [-0.15, -0.1) is 0 Å². The highest BCUT2D eigenvalue weighted by atomic mass is 16.5. The molecular formula is C24H25N5O2. The lowest BCUT2D eigenvalue weighted by Crippen LogP contribution is -2.25. The van der Waals surface area contributed by atoms with Crippen molar-refractivity contribution in [3.63, 3.8) is 0 Å². The van der Waals surface area contributed by atoms with Gasteiger partial charge >= 0.3 is 0 Å². The second kappa shape index (κ2) is 8.95. The van der Waals surface area contributed by atoms with Crippen molar-refractivity contribution >= 4 is 16.7 Å². The monoisotopic (exact) mass is 415 g/mol. The molecule has 31 heavy (non-hydrogen) atoms. The highest BCUT2D eigenvalue weighted by Crippen LogP contribution is 2.13. The number of fused-ring (bicyclic) bond motifs is 1. The summed E-state index contributed by atoms with van der Waals surface area (Å²) < 4.78 is 7.40. The van der Waals surface area contributed by atoms with Crippen molar-refractivity contribution in [1.82, 2.24) is 19.5 Å². The molecule has 0 radical (unpaired) electrons. The van der Waals surface area contributed by atoms with E-state index >= 15 is 0 Å². The molecule has 7 heteroatoms. The Balaban J connectivity index is 1.46. The first-order chi connectivity index (χ1) is 15.0. The standard InChI is InChI=1S/C24H25N5O2/c1-16-8-10-20(11-9-16)31-13-12-25-23-14-19(26-17(2)27-23)15-29-18(3)28-22-7-5-4-6-21(22)24(29)30/h4-11,14H,12-13,15H2,1-3H3,(H,25,26,27). The zero-order valence-electron chi connectivity index (χ0n) is 17.9. The lowest BCUT2D eigenvalue weighted by atomic mass is 10.2. The SMILES string of the molecule is Cc1ccc(OCCNc2cc(Cn3c(C)nc4ccccc4c3=O)nc(C)n2)cc1. The van der Waals surface area contributed by atoms with Crippen LogP contribution in [0.5, 0.6) is 5.75 Å². The summed E-state index contributed by atoms with van der Waals surface area (Å²) in [6.45, 7) is 7.16. The van der Waals surface area contributed by atoms with Gasteiger partial charge in [-0.2, -0.15) is 0 Å². The molecule has 0 amide bonds. The molecule has 0 aliphatic rings. The Morgan fingerprint density at radius 3 is 2.55 bits per heavy atom. The number of benzene rings is 2. The molecule has 158 valence electrons. The normalized spacial score (nSPS) is 10.9. The molecule has 0 fully saturated rings. The van der Waals surface area contributed by atoms with Gasteiger partial charge in [-0.25, -0.2) is 15.0 Å². The molecular weight excluding hydrogens is 390 g/mol. The van der Waals surface area contributed by atoms with E-state index in [0.717, 1.165) is 11.4 Å². The fraction of sp³-hybridized carbons (Fsp3) is 0.250. The maximum Gasteiger partial charge on any atom is 0.261 e. The summed E-state index contributed by atoms with van der Waals surface area (Å²) in [5, 5.41) is 3.88. The van der Waals surface area contributed by atoms with E-state index in [9.17, 15) is 4.79 Å². The maximum atomic E-state index is 12.9. The molecule has 0 saturated carbocycles. The van der Waals surface area contributed by atoms with E-state index < -0.39 is 0 Å². The number of hydrogen-bond acceptors (Lipinski definition) is 6. The van der Waals surface area contributed by atoms with Crippen LogP contribution in [0.3, 0.4) is 0 Å². The number of rotatable bonds is 7. The molecule has 0 spiro atoms. The average molecular weight is 415 g/mol. The topological polar surface area (TPSA) is 81.9 Å². The molecule has 2 heterocycles. The lowest BCUT2D eigenvalue weighted by Gasteiger charge is -2.13. The molecule has 0 aliphatic carbocycles. The zero-order chi connectivity index (χ0) is 21.8. The second-order valence-corrected chi connectivity index (χ2v) is 7.45. The summed E-state index contributed by atoms with van der Waals surface area (Å²) in [6.07, 6.45) is 0. The largest absolute Gasteiger partial charge is 0.492 e. The van der Waals surface area contributed by atoms with Gasteiger partial charge in [-0.3, -0.25) is 9.36 Å². The Morgan fingerprint density at radius 1 is 0.968 bits per heavy atom. The van der Waals surface area contributed by atoms with Crippen LogP contribution in [-0.2, 0) is 6.54 Å². The van der Waals surface area contributed by atoms with Gasteiger partial charge in [0.1, 0.15) is 29.8 Å². The van der Waals surface area contributed by atoms with E-state index in [4.69, 9.17) is 4.74 Å². The van der Waals surface area contributed by atoms with Crippen molar-refractivity contribution in [3.05, 3.63) is 87.9 Å². The van der Waals surface area contributed by atoms with Crippen molar-refractivity contribution in [2.75, 3.05) is 18.5 Å². The Morgan fingerprint density at radius 2 is 1.74 bits per heavy atom. The number of para-hydroxylation sites is 1. The molecule has 0 bridgehead atoms. The average Bonchev–Trinajstić information content (AvgIpc) is 2.75. The van der Waals surface area contributed by atoms with E-state index in [1.807, 2.05) is 69.3 Å². The van der Waals surface area contributed by atoms with Gasteiger partial charge in [0.25, 0.3) is 5.56 Å². The van der Waals surface area contributed by atoms with Crippen molar-refractivity contribution in [1.29, 1.82) is 0 Å². The number of ether oxygens (including phenoxy) is 1. The van der Waals surface area contributed by atoms with Crippen LogP contribution in [0.2, 0.25) is 0 Å². The first-order valence-electron chi connectivity index (χ1n) is 10.2. The lowest BCUT2D eigenvalue weighted by molar-refractivity contribution is 0.332. The van der Waals surface area contributed by atoms with E-state index in [1.165, 1.54) is 5.56 Å². The third-order valence-corrected chi connectivity index (χ3v) is 4.96. The van der Waals surface area contributed by atoms with Crippen molar-refractivity contribution in [2.45, 2.75) is 27.3 Å². The Bertz CT molecular complexity index is 1270. The minimum absolute atomic E-state index is 0.0691. The minimum atomic E-state index is -0.0691. The van der Waals surface area contributed by atoms with Gasteiger partial charge in [0.2, 0.25) is 0 Å². The molecule has 7 nitrogen and oxygen atoms in total. The number of nitrogens with one attached hydrogen (secondary N) is 1. The molecule has 4 rings (SSSR count). The third-order valence-electron chi connectivity index (χ3n) is 4.96. The van der Waals surface area contributed by atoms with Crippen LogP contribution in [0.4, 0.5) is 5.82 Å². The predicted octanol–water partition coefficient (Wildman–Crippen LogP) is 3.65. The molecule has 1 N–H and O–H groups in total. The molecule has 4 aromatic rings. The Kier molecular flexibility index (Phi) is 5.93. The summed E-state index contributed by atoms with van der Waals surface area (Å²) in [5.41, 5.74) is 2.58. The molecule has 2 aromatic carbocycles. The number of hydrogen-bond donors (Lipinski definition) is 1. The highest BCUT2D eigenvalue weighted by Gasteiger charge is 2.10.